The average Bonchev–Trinajstić information content (AvgIpc) is 3.11. The minimum atomic E-state index is -0.387. The minimum Gasteiger partial charge on any atom is -0.457 e. The van der Waals surface area contributed by atoms with Crippen molar-refractivity contribution in [3.05, 3.63) is 58.7 Å². The molecule has 0 aliphatic carbocycles. The third kappa shape index (κ3) is 3.63. The van der Waals surface area contributed by atoms with Gasteiger partial charge in [0.15, 0.2) is 0 Å². The molecule has 0 aromatic heterocycles. The van der Waals surface area contributed by atoms with Gasteiger partial charge < -0.3 is 4.74 Å². The summed E-state index contributed by atoms with van der Waals surface area (Å²) in [4.78, 5) is 50.0. The lowest BCUT2D eigenvalue weighted by atomic mass is 10.1. The summed E-state index contributed by atoms with van der Waals surface area (Å²) in [5.41, 5.74) is 1.21. The van der Waals surface area contributed by atoms with E-state index in [-0.39, 0.29) is 34.8 Å². The van der Waals surface area contributed by atoms with Crippen LogP contribution < -0.4 is 4.74 Å². The molecule has 0 radical (unpaired) electrons. The SMILES string of the molecule is CC.CC.CN1C(=O)c2ccc(Oc3ccc4c(c3)C(=O)N(C)C4=O)cc2C1=O. The van der Waals surface area contributed by atoms with Crippen molar-refractivity contribution in [3.63, 3.8) is 0 Å². The van der Waals surface area contributed by atoms with Gasteiger partial charge in [0.05, 0.1) is 22.3 Å². The molecule has 0 N–H and O–H groups in total. The van der Waals surface area contributed by atoms with Gasteiger partial charge in [-0.2, -0.15) is 0 Å². The number of benzene rings is 2. The highest BCUT2D eigenvalue weighted by molar-refractivity contribution is 6.22. The molecule has 29 heavy (non-hydrogen) atoms. The van der Waals surface area contributed by atoms with Crippen LogP contribution in [-0.4, -0.2) is 47.5 Å². The Kier molecular flexibility index (Phi) is 6.53. The Morgan fingerprint density at radius 2 is 0.862 bits per heavy atom. The number of hydrogen-bond acceptors (Lipinski definition) is 5. The minimum absolute atomic E-state index is 0.275. The molecule has 2 aliphatic rings. The maximum absolute atomic E-state index is 12.0. The quantitative estimate of drug-likeness (QED) is 0.717. The lowest BCUT2D eigenvalue weighted by molar-refractivity contribution is 0.0678. The second kappa shape index (κ2) is 8.68. The molecule has 0 spiro atoms. The van der Waals surface area contributed by atoms with Crippen LogP contribution in [0.2, 0.25) is 0 Å². The van der Waals surface area contributed by atoms with Crippen LogP contribution in [0.4, 0.5) is 0 Å². The van der Waals surface area contributed by atoms with E-state index in [0.717, 1.165) is 9.80 Å². The van der Waals surface area contributed by atoms with E-state index in [1.165, 1.54) is 38.4 Å². The molecule has 0 bridgehead atoms. The molecule has 0 saturated heterocycles. The smallest absolute Gasteiger partial charge is 0.261 e. The van der Waals surface area contributed by atoms with Gasteiger partial charge >= 0.3 is 0 Å². The van der Waals surface area contributed by atoms with Crippen molar-refractivity contribution < 1.29 is 23.9 Å². The first-order valence-corrected chi connectivity index (χ1v) is 9.49. The molecule has 0 atom stereocenters. The van der Waals surface area contributed by atoms with Crippen molar-refractivity contribution >= 4 is 23.6 Å². The molecule has 0 saturated carbocycles. The molecule has 2 aromatic carbocycles. The number of hydrogen-bond donors (Lipinski definition) is 0. The summed E-state index contributed by atoms with van der Waals surface area (Å²) in [7, 11) is 2.84. The molecule has 4 rings (SSSR count). The van der Waals surface area contributed by atoms with Crippen LogP contribution in [0.5, 0.6) is 11.5 Å². The number of rotatable bonds is 2. The van der Waals surface area contributed by atoms with Gasteiger partial charge in [0, 0.05) is 14.1 Å². The highest BCUT2D eigenvalue weighted by Crippen LogP contribution is 2.31. The summed E-state index contributed by atoms with van der Waals surface area (Å²) in [6, 6.07) is 9.20. The summed E-state index contributed by atoms with van der Waals surface area (Å²) < 4.78 is 5.70. The zero-order valence-corrected chi connectivity index (χ0v) is 17.4. The summed E-state index contributed by atoms with van der Waals surface area (Å²) >= 11 is 0. The van der Waals surface area contributed by atoms with Crippen LogP contribution in [0.1, 0.15) is 69.1 Å². The van der Waals surface area contributed by atoms with Crippen LogP contribution >= 0.6 is 0 Å². The molecule has 2 aliphatic heterocycles. The first-order valence-electron chi connectivity index (χ1n) is 9.49. The molecule has 4 amide bonds. The monoisotopic (exact) mass is 396 g/mol. The zero-order valence-electron chi connectivity index (χ0n) is 17.4. The lowest BCUT2D eigenvalue weighted by Crippen LogP contribution is -2.24. The number of amides is 4. The van der Waals surface area contributed by atoms with Gasteiger partial charge in [0.1, 0.15) is 11.5 Å². The first-order chi connectivity index (χ1) is 13.9. The molecule has 7 heteroatoms. The number of carbonyl (C=O) groups excluding carboxylic acids is 4. The van der Waals surface area contributed by atoms with Gasteiger partial charge in [-0.1, -0.05) is 27.7 Å². The summed E-state index contributed by atoms with van der Waals surface area (Å²) in [6.45, 7) is 8.00. The summed E-state index contributed by atoms with van der Waals surface area (Å²) in [5, 5.41) is 0. The summed E-state index contributed by atoms with van der Waals surface area (Å²) in [6.07, 6.45) is 0. The van der Waals surface area contributed by atoms with Crippen molar-refractivity contribution in [2.24, 2.45) is 0 Å². The van der Waals surface area contributed by atoms with Crippen molar-refractivity contribution in [2.45, 2.75) is 27.7 Å². The Labute approximate surface area is 169 Å². The van der Waals surface area contributed by atoms with Crippen molar-refractivity contribution in [1.82, 2.24) is 9.80 Å². The normalized spacial score (nSPS) is 14.0. The van der Waals surface area contributed by atoms with Gasteiger partial charge in [-0.3, -0.25) is 29.0 Å². The van der Waals surface area contributed by atoms with E-state index >= 15 is 0 Å². The van der Waals surface area contributed by atoms with Gasteiger partial charge in [-0.25, -0.2) is 0 Å². The molecule has 0 unspecified atom stereocenters. The highest BCUT2D eigenvalue weighted by atomic mass is 16.5. The predicted octanol–water partition coefficient (Wildman–Crippen LogP) is 3.98. The van der Waals surface area contributed by atoms with Crippen LogP contribution in [0.25, 0.3) is 0 Å². The van der Waals surface area contributed by atoms with E-state index < -0.39 is 0 Å². The Balaban J connectivity index is 0.000000707. The topological polar surface area (TPSA) is 84.0 Å². The second-order valence-electron chi connectivity index (χ2n) is 5.86. The van der Waals surface area contributed by atoms with Crippen molar-refractivity contribution in [1.29, 1.82) is 0 Å². The summed E-state index contributed by atoms with van der Waals surface area (Å²) in [5.74, 6) is -0.753. The first kappa shape index (κ1) is 21.8. The number of fused-ring (bicyclic) bond motifs is 2. The Morgan fingerprint density at radius 1 is 0.552 bits per heavy atom. The standard InChI is InChI=1S/C18H12N2O5.2C2H6/c1-19-15(21)11-5-3-9(7-13(11)17(19)23)25-10-4-6-12-14(8-10)18(24)20(2)16(12)22;2*1-2/h3-8H,1-2H3;2*1-2H3. The van der Waals surface area contributed by atoms with E-state index in [9.17, 15) is 19.2 Å². The van der Waals surface area contributed by atoms with Crippen molar-refractivity contribution in [2.75, 3.05) is 14.1 Å². The molecule has 152 valence electrons. The number of nitrogens with zero attached hydrogens (tertiary/aromatic N) is 2. The van der Waals surface area contributed by atoms with Gasteiger partial charge in [-0.05, 0) is 36.4 Å². The van der Waals surface area contributed by atoms with Crippen LogP contribution in [0.3, 0.4) is 0 Å². The maximum Gasteiger partial charge on any atom is 0.261 e. The number of ether oxygens (including phenoxy) is 1. The Morgan fingerprint density at radius 3 is 1.21 bits per heavy atom. The largest absolute Gasteiger partial charge is 0.457 e. The predicted molar refractivity (Wildman–Crippen MR) is 109 cm³/mol. The van der Waals surface area contributed by atoms with Crippen LogP contribution in [-0.2, 0) is 0 Å². The Bertz CT molecular complexity index is 917. The highest BCUT2D eigenvalue weighted by Gasteiger charge is 2.34. The Hall–Kier alpha value is -3.48. The van der Waals surface area contributed by atoms with E-state index in [4.69, 9.17) is 4.74 Å². The van der Waals surface area contributed by atoms with Gasteiger partial charge in [0.25, 0.3) is 23.6 Å². The number of carbonyl (C=O) groups is 4. The van der Waals surface area contributed by atoms with Gasteiger partial charge in [0.2, 0.25) is 0 Å². The molecule has 0 fully saturated rings. The fourth-order valence-electron chi connectivity index (χ4n) is 2.94. The molecular formula is C22H24N2O5. The lowest BCUT2D eigenvalue weighted by Gasteiger charge is -2.07. The zero-order chi connectivity index (χ0) is 21.9. The average molecular weight is 396 g/mol. The second-order valence-corrected chi connectivity index (χ2v) is 5.86. The number of imide groups is 2. The van der Waals surface area contributed by atoms with Gasteiger partial charge in [-0.15, -0.1) is 0 Å². The third-order valence-electron chi connectivity index (χ3n) is 4.36. The molecule has 7 nitrogen and oxygen atoms in total. The van der Waals surface area contributed by atoms with Crippen LogP contribution in [0.15, 0.2) is 36.4 Å². The molecular weight excluding hydrogens is 372 g/mol. The van der Waals surface area contributed by atoms with E-state index in [0.29, 0.717) is 22.6 Å². The fraction of sp³-hybridized carbons (Fsp3) is 0.273. The van der Waals surface area contributed by atoms with Crippen LogP contribution in [0, 0.1) is 0 Å². The van der Waals surface area contributed by atoms with E-state index in [2.05, 4.69) is 0 Å². The fourth-order valence-corrected chi connectivity index (χ4v) is 2.94. The molecule has 2 heterocycles. The van der Waals surface area contributed by atoms with E-state index in [1.54, 1.807) is 12.1 Å². The molecule has 2 aromatic rings. The maximum atomic E-state index is 12.0. The van der Waals surface area contributed by atoms with E-state index in [1.807, 2.05) is 27.7 Å². The van der Waals surface area contributed by atoms with Crippen molar-refractivity contribution in [3.8, 4) is 11.5 Å². The third-order valence-corrected chi connectivity index (χ3v) is 4.36.